The highest BCUT2D eigenvalue weighted by Gasteiger charge is 2.17. The molecular weight excluding hydrogens is 238 g/mol. The van der Waals surface area contributed by atoms with E-state index in [0.29, 0.717) is 0 Å². The zero-order chi connectivity index (χ0) is 11.6. The van der Waals surface area contributed by atoms with Crippen molar-refractivity contribution in [2.75, 3.05) is 26.1 Å². The molecule has 0 spiro atoms. The Bertz CT molecular complexity index is 456. The Balaban J connectivity index is 3.34. The van der Waals surface area contributed by atoms with Gasteiger partial charge in [-0.05, 0) is 12.1 Å². The first-order valence-corrected chi connectivity index (χ1v) is 6.47. The molecule has 0 N–H and O–H groups in total. The molecule has 1 aromatic rings. The summed E-state index contributed by atoms with van der Waals surface area (Å²) in [5.41, 5.74) is 0.843. The number of hydrogen-bond donors (Lipinski definition) is 0. The predicted octanol–water partition coefficient (Wildman–Crippen LogP) is 1.69. The molecule has 0 aliphatic rings. The number of nitrogens with zero attached hydrogens (tertiary/aromatic N) is 1. The smallest absolute Gasteiger partial charge is 0.264 e. The molecule has 0 aromatic heterocycles. The number of methoxy groups -OCH3 is 1. The van der Waals surface area contributed by atoms with E-state index in [-0.39, 0.29) is 10.6 Å². The van der Waals surface area contributed by atoms with Crippen LogP contribution in [-0.2, 0) is 9.05 Å². The average molecular weight is 250 g/mol. The maximum atomic E-state index is 11.2. The number of halogens is 1. The van der Waals surface area contributed by atoms with E-state index >= 15 is 0 Å². The zero-order valence-electron chi connectivity index (χ0n) is 8.69. The molecule has 1 rings (SSSR count). The van der Waals surface area contributed by atoms with Crippen molar-refractivity contribution < 1.29 is 13.2 Å². The van der Waals surface area contributed by atoms with Gasteiger partial charge in [0.05, 0.1) is 7.11 Å². The van der Waals surface area contributed by atoms with E-state index < -0.39 is 9.05 Å². The average Bonchev–Trinajstić information content (AvgIpc) is 2.15. The third kappa shape index (κ3) is 2.76. The molecule has 0 amide bonds. The molecule has 0 fully saturated rings. The van der Waals surface area contributed by atoms with E-state index in [9.17, 15) is 8.42 Å². The molecule has 6 heteroatoms. The fraction of sp³-hybridized carbons (Fsp3) is 0.333. The topological polar surface area (TPSA) is 46.6 Å². The third-order valence-electron chi connectivity index (χ3n) is 1.93. The van der Waals surface area contributed by atoms with Crippen LogP contribution in [0.5, 0.6) is 5.75 Å². The van der Waals surface area contributed by atoms with E-state index in [1.165, 1.54) is 13.2 Å². The van der Waals surface area contributed by atoms with Gasteiger partial charge in [0, 0.05) is 36.5 Å². The second-order valence-corrected chi connectivity index (χ2v) is 5.70. The Labute approximate surface area is 93.8 Å². The number of anilines is 1. The second-order valence-electron chi connectivity index (χ2n) is 3.17. The molecule has 0 saturated heterocycles. The molecule has 0 aliphatic heterocycles. The van der Waals surface area contributed by atoms with Crippen molar-refractivity contribution in [1.82, 2.24) is 0 Å². The van der Waals surface area contributed by atoms with E-state index in [1.807, 2.05) is 19.0 Å². The summed E-state index contributed by atoms with van der Waals surface area (Å²) in [5, 5.41) is 0. The molecule has 0 radical (unpaired) electrons. The fourth-order valence-corrected chi connectivity index (χ4v) is 2.13. The molecule has 0 aliphatic carbocycles. The Hall–Kier alpha value is -0.940. The van der Waals surface area contributed by atoms with Crippen LogP contribution in [0, 0.1) is 0 Å². The molecule has 0 bridgehead atoms. The quantitative estimate of drug-likeness (QED) is 0.765. The van der Waals surface area contributed by atoms with Crippen LogP contribution in [0.3, 0.4) is 0 Å². The maximum absolute atomic E-state index is 11.2. The van der Waals surface area contributed by atoms with Crippen molar-refractivity contribution in [1.29, 1.82) is 0 Å². The summed E-state index contributed by atoms with van der Waals surface area (Å²) in [6, 6.07) is 4.71. The monoisotopic (exact) mass is 249 g/mol. The van der Waals surface area contributed by atoms with Gasteiger partial charge in [-0.2, -0.15) is 0 Å². The third-order valence-corrected chi connectivity index (χ3v) is 3.29. The van der Waals surface area contributed by atoms with E-state index in [4.69, 9.17) is 15.4 Å². The summed E-state index contributed by atoms with van der Waals surface area (Å²) in [6.45, 7) is 0. The summed E-state index contributed by atoms with van der Waals surface area (Å²) in [5.74, 6) is 0.246. The van der Waals surface area contributed by atoms with Crippen LogP contribution in [-0.4, -0.2) is 29.6 Å². The molecule has 4 nitrogen and oxygen atoms in total. The first-order valence-electron chi connectivity index (χ1n) is 4.16. The maximum Gasteiger partial charge on any atom is 0.264 e. The molecule has 0 atom stereocenters. The standard InChI is InChI=1S/C9H12ClNO3S/c1-11(2)7-4-5-9(15(10,12)13)8(6-7)14-3/h4-6H,1-3H3. The Morgan fingerprint density at radius 1 is 1.33 bits per heavy atom. The van der Waals surface area contributed by atoms with Gasteiger partial charge in [0.15, 0.2) is 0 Å². The second kappa shape index (κ2) is 4.28. The minimum atomic E-state index is -3.76. The van der Waals surface area contributed by atoms with Gasteiger partial charge in [-0.3, -0.25) is 0 Å². The normalized spacial score (nSPS) is 11.2. The van der Waals surface area contributed by atoms with Crippen LogP contribution in [0.2, 0.25) is 0 Å². The summed E-state index contributed by atoms with van der Waals surface area (Å²) >= 11 is 0. The number of benzene rings is 1. The first kappa shape index (κ1) is 12.1. The lowest BCUT2D eigenvalue weighted by molar-refractivity contribution is 0.403. The van der Waals surface area contributed by atoms with Crippen LogP contribution < -0.4 is 9.64 Å². The van der Waals surface area contributed by atoms with Gasteiger partial charge < -0.3 is 9.64 Å². The van der Waals surface area contributed by atoms with Gasteiger partial charge in [-0.25, -0.2) is 8.42 Å². The van der Waals surface area contributed by atoms with Crippen LogP contribution in [0.4, 0.5) is 5.69 Å². The summed E-state index contributed by atoms with van der Waals surface area (Å²) in [6.07, 6.45) is 0. The van der Waals surface area contributed by atoms with Gasteiger partial charge in [0.25, 0.3) is 9.05 Å². The molecular formula is C9H12ClNO3S. The Morgan fingerprint density at radius 2 is 1.93 bits per heavy atom. The van der Waals surface area contributed by atoms with Crippen LogP contribution in [0.1, 0.15) is 0 Å². The lowest BCUT2D eigenvalue weighted by atomic mass is 10.3. The highest BCUT2D eigenvalue weighted by atomic mass is 35.7. The van der Waals surface area contributed by atoms with Crippen molar-refractivity contribution in [2.45, 2.75) is 4.90 Å². The summed E-state index contributed by atoms with van der Waals surface area (Å²) in [7, 11) is 6.60. The lowest BCUT2D eigenvalue weighted by Crippen LogP contribution is -2.09. The highest BCUT2D eigenvalue weighted by molar-refractivity contribution is 8.13. The fourth-order valence-electron chi connectivity index (χ4n) is 1.14. The lowest BCUT2D eigenvalue weighted by Gasteiger charge is -2.14. The van der Waals surface area contributed by atoms with Gasteiger partial charge in [0.2, 0.25) is 0 Å². The van der Waals surface area contributed by atoms with Crippen molar-refractivity contribution in [3.05, 3.63) is 18.2 Å². The molecule has 0 unspecified atom stereocenters. The van der Waals surface area contributed by atoms with Crippen molar-refractivity contribution >= 4 is 25.4 Å². The molecule has 84 valence electrons. The Morgan fingerprint density at radius 3 is 2.33 bits per heavy atom. The van der Waals surface area contributed by atoms with Gasteiger partial charge in [0.1, 0.15) is 10.6 Å². The largest absolute Gasteiger partial charge is 0.495 e. The van der Waals surface area contributed by atoms with E-state index in [2.05, 4.69) is 0 Å². The van der Waals surface area contributed by atoms with Gasteiger partial charge in [-0.1, -0.05) is 0 Å². The highest BCUT2D eigenvalue weighted by Crippen LogP contribution is 2.30. The molecule has 15 heavy (non-hydrogen) atoms. The minimum Gasteiger partial charge on any atom is -0.495 e. The van der Waals surface area contributed by atoms with Crippen molar-refractivity contribution in [3.8, 4) is 5.75 Å². The Kier molecular flexibility index (Phi) is 3.46. The first-order chi connectivity index (χ1) is 6.86. The molecule has 0 heterocycles. The number of hydrogen-bond acceptors (Lipinski definition) is 4. The van der Waals surface area contributed by atoms with Crippen LogP contribution >= 0.6 is 10.7 Å². The van der Waals surface area contributed by atoms with Crippen LogP contribution in [0.25, 0.3) is 0 Å². The van der Waals surface area contributed by atoms with Crippen molar-refractivity contribution in [2.24, 2.45) is 0 Å². The summed E-state index contributed by atoms with van der Waals surface area (Å²) < 4.78 is 27.3. The van der Waals surface area contributed by atoms with Crippen molar-refractivity contribution in [3.63, 3.8) is 0 Å². The zero-order valence-corrected chi connectivity index (χ0v) is 10.3. The van der Waals surface area contributed by atoms with E-state index in [1.54, 1.807) is 12.1 Å². The minimum absolute atomic E-state index is 0.0164. The molecule has 0 saturated carbocycles. The molecule has 1 aromatic carbocycles. The predicted molar refractivity (Wildman–Crippen MR) is 60.4 cm³/mol. The number of rotatable bonds is 3. The number of ether oxygens (including phenoxy) is 1. The van der Waals surface area contributed by atoms with Gasteiger partial charge in [-0.15, -0.1) is 0 Å². The summed E-state index contributed by atoms with van der Waals surface area (Å²) in [4.78, 5) is 1.82. The van der Waals surface area contributed by atoms with Gasteiger partial charge >= 0.3 is 0 Å². The van der Waals surface area contributed by atoms with E-state index in [0.717, 1.165) is 5.69 Å². The van der Waals surface area contributed by atoms with Crippen LogP contribution in [0.15, 0.2) is 23.1 Å². The SMILES string of the molecule is COc1cc(N(C)C)ccc1S(=O)(=O)Cl.